The number of fused-ring (bicyclic) bond motifs is 2. The zero-order valence-electron chi connectivity index (χ0n) is 19.6. The molecule has 0 saturated carbocycles. The fraction of sp³-hybridized carbons (Fsp3) is 0.320. The van der Waals surface area contributed by atoms with Gasteiger partial charge in [0, 0.05) is 11.5 Å². The van der Waals surface area contributed by atoms with E-state index >= 15 is 0 Å². The van der Waals surface area contributed by atoms with Crippen LogP contribution in [0.3, 0.4) is 0 Å². The molecule has 0 bridgehead atoms. The van der Waals surface area contributed by atoms with Crippen molar-refractivity contribution in [1.29, 1.82) is 0 Å². The van der Waals surface area contributed by atoms with Crippen molar-refractivity contribution in [2.24, 2.45) is 0 Å². The molecule has 0 heterocycles. The van der Waals surface area contributed by atoms with Gasteiger partial charge in [-0.25, -0.2) is 0 Å². The Morgan fingerprint density at radius 1 is 0.969 bits per heavy atom. The van der Waals surface area contributed by atoms with E-state index in [9.17, 15) is 0 Å². The maximum absolute atomic E-state index is 6.52. The van der Waals surface area contributed by atoms with Gasteiger partial charge >= 0.3 is 41.9 Å². The molecule has 0 N–H and O–H groups in total. The van der Waals surface area contributed by atoms with E-state index in [4.69, 9.17) is 9.16 Å². The summed E-state index contributed by atoms with van der Waals surface area (Å²) in [6, 6.07) is 21.6. The first-order chi connectivity index (χ1) is 14.2. The molecule has 170 valence electrons. The number of hydrogen-bond acceptors (Lipinski definition) is 2. The minimum Gasteiger partial charge on any atom is -1.00 e. The van der Waals surface area contributed by atoms with Gasteiger partial charge < -0.3 is 34.0 Å². The van der Waals surface area contributed by atoms with Gasteiger partial charge in [-0.2, -0.15) is 6.07 Å². The van der Waals surface area contributed by atoms with Crippen LogP contribution in [0.15, 0.2) is 66.4 Å². The van der Waals surface area contributed by atoms with Crippen LogP contribution in [0.1, 0.15) is 29.5 Å². The van der Waals surface area contributed by atoms with Crippen LogP contribution in [0.5, 0.6) is 0 Å². The quantitative estimate of drug-likeness (QED) is 0.332. The van der Waals surface area contributed by atoms with Crippen LogP contribution in [0.2, 0.25) is 32.7 Å². The van der Waals surface area contributed by atoms with E-state index in [0.717, 1.165) is 11.5 Å². The molecule has 1 unspecified atom stereocenters. The molecule has 0 fully saturated rings. The van der Waals surface area contributed by atoms with Crippen molar-refractivity contribution in [3.8, 4) is 0 Å². The number of ether oxygens (including phenoxy) is 1. The monoisotopic (exact) mass is 579 g/mol. The molecule has 3 aromatic carbocycles. The van der Waals surface area contributed by atoms with Crippen molar-refractivity contribution in [3.63, 3.8) is 0 Å². The zero-order valence-corrected chi connectivity index (χ0v) is 25.6. The first-order valence-corrected chi connectivity index (χ1v) is 20.1. The maximum Gasteiger partial charge on any atom is -1.00 e. The van der Waals surface area contributed by atoms with Crippen LogP contribution in [0.25, 0.3) is 16.5 Å². The summed E-state index contributed by atoms with van der Waals surface area (Å²) >= 11 is 1.74. The van der Waals surface area contributed by atoms with E-state index in [1.54, 1.807) is 23.3 Å². The Labute approximate surface area is 221 Å². The SMILES string of the molecule is CCOC1=C(O[Si](C)(C)C)c2ccccc2C1[c-]1ccc2ccccc21.C[Si](C)=[Zr+2].[Cl-].[Cl-]. The van der Waals surface area contributed by atoms with Crippen LogP contribution in [0, 0.1) is 0 Å². The summed E-state index contributed by atoms with van der Waals surface area (Å²) in [5, 5.41) is 2.56. The second-order valence-corrected chi connectivity index (χ2v) is 22.5. The third kappa shape index (κ3) is 6.90. The van der Waals surface area contributed by atoms with Gasteiger partial charge in [-0.1, -0.05) is 30.3 Å². The standard InChI is InChI=1S/C23H25O2Si.C2H6Si.2ClH.Zr/c1-5-24-23-21(19-15-14-16-10-6-7-11-17(16)19)18-12-8-9-13-20(18)22(23)25-26(2,3)4;1-3-2;;;/h6-15,21H,5H2,1-4H3;1-2H3;2*1H;/q-1;;;;+2/p-2. The molecule has 2 nitrogen and oxygen atoms in total. The van der Waals surface area contributed by atoms with Gasteiger partial charge in [0.2, 0.25) is 8.32 Å². The predicted octanol–water partition coefficient (Wildman–Crippen LogP) is 1.05. The van der Waals surface area contributed by atoms with Crippen molar-refractivity contribution in [2.45, 2.75) is 45.6 Å². The summed E-state index contributed by atoms with van der Waals surface area (Å²) in [4.78, 5) is 0. The molecule has 0 aliphatic heterocycles. The molecule has 0 amide bonds. The average Bonchev–Trinajstić information content (AvgIpc) is 3.20. The van der Waals surface area contributed by atoms with Crippen molar-refractivity contribution in [2.75, 3.05) is 6.61 Å². The van der Waals surface area contributed by atoms with E-state index in [1.807, 2.05) is 6.92 Å². The Morgan fingerprint density at radius 3 is 2.19 bits per heavy atom. The Kier molecular flexibility index (Phi) is 11.6. The summed E-state index contributed by atoms with van der Waals surface area (Å²) in [7, 11) is -1.77. The van der Waals surface area contributed by atoms with E-state index < -0.39 is 8.32 Å². The third-order valence-electron chi connectivity index (χ3n) is 4.74. The summed E-state index contributed by atoms with van der Waals surface area (Å²) in [6.07, 6.45) is 0. The number of hydrogen-bond donors (Lipinski definition) is 0. The molecular formula is C25H31Cl2O2Si2Zr-. The molecule has 4 rings (SSSR count). The second-order valence-electron chi connectivity index (χ2n) is 8.74. The van der Waals surface area contributed by atoms with Gasteiger partial charge in [-0.15, -0.1) is 40.6 Å². The van der Waals surface area contributed by atoms with Crippen molar-refractivity contribution < 1.29 is 57.3 Å². The summed E-state index contributed by atoms with van der Waals surface area (Å²) in [5.41, 5.74) is 3.96. The third-order valence-corrected chi connectivity index (χ3v) is 5.55. The normalized spacial score (nSPS) is 14.6. The fourth-order valence-electron chi connectivity index (χ4n) is 3.81. The Balaban J connectivity index is 0.000000790. The van der Waals surface area contributed by atoms with Crippen LogP contribution in [0.4, 0.5) is 0 Å². The van der Waals surface area contributed by atoms with Gasteiger partial charge in [-0.3, -0.25) is 0 Å². The molecule has 0 aromatic heterocycles. The zero-order chi connectivity index (χ0) is 21.9. The summed E-state index contributed by atoms with van der Waals surface area (Å²) < 4.78 is 12.7. The van der Waals surface area contributed by atoms with E-state index in [-0.39, 0.29) is 36.2 Å². The Bertz CT molecular complexity index is 1080. The fourth-order valence-corrected chi connectivity index (χ4v) is 4.63. The summed E-state index contributed by atoms with van der Waals surface area (Å²) in [5.74, 6) is 2.00. The molecule has 7 heteroatoms. The van der Waals surface area contributed by atoms with Crippen molar-refractivity contribution in [3.05, 3.63) is 83.1 Å². The molecule has 1 aliphatic rings. The summed E-state index contributed by atoms with van der Waals surface area (Å²) in [6.45, 7) is 14.0. The molecule has 1 aliphatic carbocycles. The maximum atomic E-state index is 6.52. The Hall–Kier alpha value is -0.713. The van der Waals surface area contributed by atoms with Crippen LogP contribution in [-0.4, -0.2) is 20.4 Å². The average molecular weight is 582 g/mol. The second kappa shape index (κ2) is 12.7. The van der Waals surface area contributed by atoms with Crippen LogP contribution in [-0.2, 0) is 32.5 Å². The number of benzene rings is 2. The molecule has 1 atom stereocenters. The minimum absolute atomic E-state index is 0. The van der Waals surface area contributed by atoms with E-state index in [0.29, 0.717) is 6.61 Å². The molecule has 0 radical (unpaired) electrons. The van der Waals surface area contributed by atoms with Gasteiger partial charge in [0.05, 0.1) is 6.61 Å². The first-order valence-electron chi connectivity index (χ1n) is 10.5. The van der Waals surface area contributed by atoms with Crippen molar-refractivity contribution in [1.82, 2.24) is 0 Å². The van der Waals surface area contributed by atoms with Gasteiger partial charge in [0.1, 0.15) is 11.5 Å². The topological polar surface area (TPSA) is 18.5 Å². The minimum atomic E-state index is -1.77. The number of allylic oxidation sites excluding steroid dienone is 1. The molecule has 3 aromatic rings. The van der Waals surface area contributed by atoms with Crippen LogP contribution < -0.4 is 24.8 Å². The first kappa shape index (κ1) is 29.3. The van der Waals surface area contributed by atoms with E-state index in [2.05, 4.69) is 93.4 Å². The van der Waals surface area contributed by atoms with Gasteiger partial charge in [-0.05, 0) is 32.1 Å². The molecule has 32 heavy (non-hydrogen) atoms. The smallest absolute Gasteiger partial charge is 1.00 e. The van der Waals surface area contributed by atoms with Gasteiger partial charge in [0.15, 0.2) is 0 Å². The molecular weight excluding hydrogens is 551 g/mol. The molecule has 0 spiro atoms. The van der Waals surface area contributed by atoms with E-state index in [1.165, 1.54) is 27.5 Å². The number of rotatable bonds is 5. The predicted molar refractivity (Wildman–Crippen MR) is 128 cm³/mol. The van der Waals surface area contributed by atoms with Crippen molar-refractivity contribution >= 4 is 30.3 Å². The van der Waals surface area contributed by atoms with Crippen LogP contribution >= 0.6 is 0 Å². The Morgan fingerprint density at radius 2 is 1.56 bits per heavy atom. The molecule has 0 saturated heterocycles. The number of halogens is 2. The van der Waals surface area contributed by atoms with Gasteiger partial charge in [0.25, 0.3) is 0 Å². The largest absolute Gasteiger partial charge is 1.00 e.